The molecule has 0 bridgehead atoms. The normalized spacial score (nSPS) is 18.4. The van der Waals surface area contributed by atoms with Crippen LogP contribution in [0.5, 0.6) is 0 Å². The molecule has 2 fully saturated rings. The maximum absolute atomic E-state index is 12.9. The molecule has 1 aromatic heterocycles. The van der Waals surface area contributed by atoms with Crippen molar-refractivity contribution in [3.63, 3.8) is 0 Å². The van der Waals surface area contributed by atoms with Gasteiger partial charge in [0.25, 0.3) is 5.69 Å². The van der Waals surface area contributed by atoms with Gasteiger partial charge in [0.05, 0.1) is 9.82 Å². The van der Waals surface area contributed by atoms with Gasteiger partial charge in [-0.15, -0.1) is 0 Å². The van der Waals surface area contributed by atoms with Crippen molar-refractivity contribution in [2.45, 2.75) is 24.2 Å². The molecule has 4 rings (SSSR count). The van der Waals surface area contributed by atoms with E-state index in [0.29, 0.717) is 13.1 Å². The number of rotatable bonds is 5. The van der Waals surface area contributed by atoms with Gasteiger partial charge in [0.2, 0.25) is 16.0 Å². The van der Waals surface area contributed by atoms with Crippen molar-refractivity contribution in [2.24, 2.45) is 0 Å². The summed E-state index contributed by atoms with van der Waals surface area (Å²) in [5.74, 6) is 1.51. The number of hydrogen-bond donors (Lipinski definition) is 0. The first-order valence-corrected chi connectivity index (χ1v) is 11.5. The lowest BCUT2D eigenvalue weighted by Crippen LogP contribution is -2.49. The van der Waals surface area contributed by atoms with E-state index >= 15 is 0 Å². The van der Waals surface area contributed by atoms with Crippen LogP contribution in [0.1, 0.15) is 19.3 Å². The Morgan fingerprint density at radius 3 is 2.37 bits per heavy atom. The van der Waals surface area contributed by atoms with E-state index in [1.165, 1.54) is 28.9 Å². The molecule has 11 heteroatoms. The van der Waals surface area contributed by atoms with Crippen molar-refractivity contribution in [3.8, 4) is 0 Å². The number of hydrogen-bond acceptors (Lipinski definition) is 8. The van der Waals surface area contributed by atoms with E-state index < -0.39 is 14.9 Å². The Labute approximate surface area is 175 Å². The number of nitro groups is 1. The van der Waals surface area contributed by atoms with Crippen molar-refractivity contribution in [3.05, 3.63) is 46.6 Å². The van der Waals surface area contributed by atoms with Crippen molar-refractivity contribution in [1.82, 2.24) is 14.3 Å². The smallest absolute Gasteiger partial charge is 0.270 e. The predicted molar refractivity (Wildman–Crippen MR) is 112 cm³/mol. The second-order valence-corrected chi connectivity index (χ2v) is 9.35. The molecule has 160 valence electrons. The van der Waals surface area contributed by atoms with Crippen molar-refractivity contribution in [1.29, 1.82) is 0 Å². The number of benzene rings is 1. The zero-order chi connectivity index (χ0) is 21.1. The third kappa shape index (κ3) is 4.21. The number of piperazine rings is 1. The highest BCUT2D eigenvalue weighted by molar-refractivity contribution is 7.89. The Kier molecular flexibility index (Phi) is 5.82. The number of aromatic nitrogens is 2. The van der Waals surface area contributed by atoms with Gasteiger partial charge in [0.15, 0.2) is 0 Å². The molecule has 0 N–H and O–H groups in total. The number of nitro benzene ring substituents is 1. The minimum absolute atomic E-state index is 0.0560. The molecular formula is C19H24N6O4S. The first-order chi connectivity index (χ1) is 14.4. The molecule has 10 nitrogen and oxygen atoms in total. The number of non-ortho nitro benzene ring substituents is 1. The van der Waals surface area contributed by atoms with E-state index in [4.69, 9.17) is 4.98 Å². The fraction of sp³-hybridized carbons (Fsp3) is 0.474. The van der Waals surface area contributed by atoms with E-state index in [-0.39, 0.29) is 23.7 Å². The van der Waals surface area contributed by atoms with Crippen LogP contribution in [0.25, 0.3) is 0 Å². The zero-order valence-electron chi connectivity index (χ0n) is 16.6. The molecule has 0 amide bonds. The molecule has 0 unspecified atom stereocenters. The van der Waals surface area contributed by atoms with Gasteiger partial charge in [-0.3, -0.25) is 10.1 Å². The van der Waals surface area contributed by atoms with Crippen LogP contribution in [-0.4, -0.2) is 66.9 Å². The summed E-state index contributed by atoms with van der Waals surface area (Å²) >= 11 is 0. The molecule has 0 atom stereocenters. The molecule has 3 heterocycles. The van der Waals surface area contributed by atoms with Gasteiger partial charge in [-0.05, 0) is 31.4 Å². The molecule has 2 aromatic rings. The highest BCUT2D eigenvalue weighted by Crippen LogP contribution is 2.24. The van der Waals surface area contributed by atoms with Crippen LogP contribution in [0.3, 0.4) is 0 Å². The first-order valence-electron chi connectivity index (χ1n) is 10.0. The van der Waals surface area contributed by atoms with Gasteiger partial charge in [0, 0.05) is 57.6 Å². The summed E-state index contributed by atoms with van der Waals surface area (Å²) in [6.07, 6.45) is 5.26. The third-order valence-electron chi connectivity index (χ3n) is 5.50. The Morgan fingerprint density at radius 2 is 1.67 bits per heavy atom. The second kappa shape index (κ2) is 8.52. The minimum Gasteiger partial charge on any atom is -0.354 e. The first kappa shape index (κ1) is 20.5. The van der Waals surface area contributed by atoms with Crippen LogP contribution in [0.2, 0.25) is 0 Å². The number of sulfonamides is 1. The van der Waals surface area contributed by atoms with Crippen LogP contribution in [0, 0.1) is 10.1 Å². The summed E-state index contributed by atoms with van der Waals surface area (Å²) in [4.78, 5) is 23.7. The summed E-state index contributed by atoms with van der Waals surface area (Å²) in [7, 11) is -3.79. The van der Waals surface area contributed by atoms with E-state index in [2.05, 4.69) is 14.8 Å². The van der Waals surface area contributed by atoms with Gasteiger partial charge in [-0.2, -0.15) is 9.29 Å². The Hall–Kier alpha value is -2.79. The van der Waals surface area contributed by atoms with Crippen molar-refractivity contribution < 1.29 is 13.3 Å². The Balaban J connectivity index is 1.45. The van der Waals surface area contributed by atoms with Gasteiger partial charge < -0.3 is 9.80 Å². The molecule has 0 radical (unpaired) electrons. The summed E-state index contributed by atoms with van der Waals surface area (Å²) in [5.41, 5.74) is -0.235. The van der Waals surface area contributed by atoms with Crippen molar-refractivity contribution >= 4 is 27.5 Å². The molecule has 0 spiro atoms. The number of piperidine rings is 1. The van der Waals surface area contributed by atoms with Crippen molar-refractivity contribution in [2.75, 3.05) is 49.1 Å². The zero-order valence-corrected chi connectivity index (χ0v) is 17.4. The average molecular weight is 433 g/mol. The van der Waals surface area contributed by atoms with Crippen LogP contribution in [-0.2, 0) is 10.0 Å². The second-order valence-electron chi connectivity index (χ2n) is 7.41. The lowest BCUT2D eigenvalue weighted by Gasteiger charge is -2.35. The summed E-state index contributed by atoms with van der Waals surface area (Å²) in [6.45, 7) is 3.47. The summed E-state index contributed by atoms with van der Waals surface area (Å²) in [5, 5.41) is 11.0. The van der Waals surface area contributed by atoms with Gasteiger partial charge in [-0.1, -0.05) is 6.07 Å². The van der Waals surface area contributed by atoms with Gasteiger partial charge >= 0.3 is 0 Å². The quantitative estimate of drug-likeness (QED) is 0.520. The van der Waals surface area contributed by atoms with Crippen LogP contribution in [0.15, 0.2) is 41.4 Å². The minimum atomic E-state index is -3.79. The number of nitrogens with zero attached hydrogens (tertiary/aromatic N) is 6. The average Bonchev–Trinajstić information content (AvgIpc) is 2.80. The molecule has 2 saturated heterocycles. The van der Waals surface area contributed by atoms with Crippen LogP contribution < -0.4 is 9.80 Å². The molecule has 2 aliphatic heterocycles. The lowest BCUT2D eigenvalue weighted by molar-refractivity contribution is -0.385. The van der Waals surface area contributed by atoms with E-state index in [9.17, 15) is 18.5 Å². The highest BCUT2D eigenvalue weighted by atomic mass is 32.2. The van der Waals surface area contributed by atoms with Crippen LogP contribution in [0.4, 0.5) is 17.5 Å². The van der Waals surface area contributed by atoms with Crippen LogP contribution >= 0.6 is 0 Å². The molecule has 30 heavy (non-hydrogen) atoms. The number of anilines is 2. The predicted octanol–water partition coefficient (Wildman–Crippen LogP) is 1.89. The molecule has 0 aliphatic carbocycles. The van der Waals surface area contributed by atoms with E-state index in [0.717, 1.165) is 43.8 Å². The standard InChI is InChI=1S/C19H24N6O4S/c26-25(27)16-5-4-6-17(15-16)30(28,29)24-13-11-22(12-14-24)18-7-8-20-19(21-18)23-9-2-1-3-10-23/h4-8,15H,1-3,9-14H2. The molecule has 1 aromatic carbocycles. The summed E-state index contributed by atoms with van der Waals surface area (Å²) < 4.78 is 27.2. The van der Waals surface area contributed by atoms with E-state index in [1.54, 1.807) is 6.20 Å². The Morgan fingerprint density at radius 1 is 0.933 bits per heavy atom. The van der Waals surface area contributed by atoms with Gasteiger partial charge in [-0.25, -0.2) is 13.4 Å². The fourth-order valence-corrected chi connectivity index (χ4v) is 5.29. The largest absolute Gasteiger partial charge is 0.354 e. The molecular weight excluding hydrogens is 408 g/mol. The highest BCUT2D eigenvalue weighted by Gasteiger charge is 2.30. The fourth-order valence-electron chi connectivity index (χ4n) is 3.83. The van der Waals surface area contributed by atoms with Gasteiger partial charge in [0.1, 0.15) is 5.82 Å². The van der Waals surface area contributed by atoms with E-state index in [1.807, 2.05) is 6.07 Å². The summed E-state index contributed by atoms with van der Waals surface area (Å²) in [6, 6.07) is 7.02. The third-order valence-corrected chi connectivity index (χ3v) is 7.39. The SMILES string of the molecule is O=[N+]([O-])c1cccc(S(=O)(=O)N2CCN(c3ccnc(N4CCCCC4)n3)CC2)c1. The molecule has 0 saturated carbocycles. The maximum atomic E-state index is 12.9. The molecule has 2 aliphatic rings. The lowest BCUT2D eigenvalue weighted by atomic mass is 10.1. The topological polar surface area (TPSA) is 113 Å². The monoisotopic (exact) mass is 432 g/mol. The maximum Gasteiger partial charge on any atom is 0.270 e. The Bertz CT molecular complexity index is 1020.